The maximum Gasteiger partial charge on any atom is 0.332 e. The van der Waals surface area contributed by atoms with E-state index in [1.54, 1.807) is 12.1 Å². The summed E-state index contributed by atoms with van der Waals surface area (Å²) in [5.74, 6) is 0.111. The van der Waals surface area contributed by atoms with Gasteiger partial charge in [-0.15, -0.1) is 0 Å². The maximum absolute atomic E-state index is 10.3. The summed E-state index contributed by atoms with van der Waals surface area (Å²) >= 11 is 0. The normalized spacial score (nSPS) is 10.4. The maximum atomic E-state index is 10.3. The van der Waals surface area contributed by atoms with Crippen molar-refractivity contribution in [3.05, 3.63) is 29.3 Å². The highest BCUT2D eigenvalue weighted by molar-refractivity contribution is 5.84. The molecule has 0 atom stereocenters. The molecule has 0 saturated heterocycles. The number of nitrogens with two attached hydrogens (primary N) is 1. The van der Waals surface area contributed by atoms with E-state index in [2.05, 4.69) is 5.10 Å². The molecule has 1 aromatic rings. The first kappa shape index (κ1) is 10.0. The predicted octanol–water partition coefficient (Wildman–Crippen LogP) is 0.703. The molecule has 5 nitrogen and oxygen atoms in total. The fraction of sp³-hybridized carbons (Fsp3) is 0.111. The molecule has 5 heteroatoms. The molecule has 0 aliphatic heterocycles. The van der Waals surface area contributed by atoms with Crippen LogP contribution in [0.5, 0.6) is 5.75 Å². The van der Waals surface area contributed by atoms with Crippen molar-refractivity contribution < 1.29 is 9.90 Å². The summed E-state index contributed by atoms with van der Waals surface area (Å²) in [6.07, 6.45) is 1.32. The van der Waals surface area contributed by atoms with E-state index in [1.165, 1.54) is 6.21 Å². The highest BCUT2D eigenvalue weighted by atomic mass is 16.3. The molecule has 2 amide bonds. The molecule has 0 heterocycles. The molecule has 0 aromatic heterocycles. The van der Waals surface area contributed by atoms with Gasteiger partial charge in [-0.2, -0.15) is 5.10 Å². The summed E-state index contributed by atoms with van der Waals surface area (Å²) in [5.41, 5.74) is 8.29. The van der Waals surface area contributed by atoms with Gasteiger partial charge in [0, 0.05) is 5.56 Å². The van der Waals surface area contributed by atoms with Gasteiger partial charge >= 0.3 is 6.03 Å². The summed E-state index contributed by atoms with van der Waals surface area (Å²) in [7, 11) is 0. The van der Waals surface area contributed by atoms with Crippen molar-refractivity contribution in [3.63, 3.8) is 0 Å². The molecule has 0 aliphatic carbocycles. The second kappa shape index (κ2) is 4.27. The molecule has 74 valence electrons. The van der Waals surface area contributed by atoms with Gasteiger partial charge in [0.05, 0.1) is 6.21 Å². The molecular weight excluding hydrogens is 182 g/mol. The standard InChI is InChI=1S/C9H11N3O2/c1-6-2-3-7(8(13)4-6)5-11-12-9(10)14/h2-5,13H,1H3,(H3,10,12,14). The van der Waals surface area contributed by atoms with Gasteiger partial charge in [0.2, 0.25) is 0 Å². The Labute approximate surface area is 81.2 Å². The summed E-state index contributed by atoms with van der Waals surface area (Å²) in [5, 5.41) is 12.9. The highest BCUT2D eigenvalue weighted by Crippen LogP contribution is 2.15. The Morgan fingerprint density at radius 1 is 1.64 bits per heavy atom. The largest absolute Gasteiger partial charge is 0.507 e. The van der Waals surface area contributed by atoms with Gasteiger partial charge in [0.1, 0.15) is 5.75 Å². The second-order valence-electron chi connectivity index (χ2n) is 2.80. The van der Waals surface area contributed by atoms with Crippen molar-refractivity contribution >= 4 is 12.2 Å². The van der Waals surface area contributed by atoms with Crippen LogP contribution < -0.4 is 11.2 Å². The molecule has 0 radical (unpaired) electrons. The first-order valence-electron chi connectivity index (χ1n) is 3.97. The van der Waals surface area contributed by atoms with Crippen molar-refractivity contribution in [1.82, 2.24) is 5.43 Å². The number of hydrogen-bond donors (Lipinski definition) is 3. The zero-order valence-electron chi connectivity index (χ0n) is 7.69. The van der Waals surface area contributed by atoms with Crippen molar-refractivity contribution in [3.8, 4) is 5.75 Å². The number of aryl methyl sites for hydroxylation is 1. The third-order valence-electron chi connectivity index (χ3n) is 1.56. The molecule has 1 aromatic carbocycles. The van der Waals surface area contributed by atoms with Crippen molar-refractivity contribution in [2.45, 2.75) is 6.92 Å². The third-order valence-corrected chi connectivity index (χ3v) is 1.56. The van der Waals surface area contributed by atoms with E-state index in [9.17, 15) is 9.90 Å². The molecule has 0 aliphatic rings. The van der Waals surface area contributed by atoms with Crippen LogP contribution in [0.4, 0.5) is 4.79 Å². The number of primary amides is 1. The molecule has 0 bridgehead atoms. The van der Waals surface area contributed by atoms with Crippen LogP contribution in [0.3, 0.4) is 0 Å². The number of carbonyl (C=O) groups is 1. The summed E-state index contributed by atoms with van der Waals surface area (Å²) in [4.78, 5) is 10.3. The summed E-state index contributed by atoms with van der Waals surface area (Å²) in [6.45, 7) is 1.86. The van der Waals surface area contributed by atoms with Gasteiger partial charge in [-0.1, -0.05) is 6.07 Å². The first-order valence-corrected chi connectivity index (χ1v) is 3.97. The van der Waals surface area contributed by atoms with Crippen LogP contribution in [0.15, 0.2) is 23.3 Å². The second-order valence-corrected chi connectivity index (χ2v) is 2.80. The van der Waals surface area contributed by atoms with E-state index in [-0.39, 0.29) is 5.75 Å². The van der Waals surface area contributed by atoms with E-state index in [0.29, 0.717) is 5.56 Å². The van der Waals surface area contributed by atoms with E-state index < -0.39 is 6.03 Å². The quantitative estimate of drug-likeness (QED) is 0.477. The van der Waals surface area contributed by atoms with Gasteiger partial charge in [-0.05, 0) is 24.6 Å². The summed E-state index contributed by atoms with van der Waals surface area (Å²) in [6, 6.07) is 4.38. The van der Waals surface area contributed by atoms with E-state index in [4.69, 9.17) is 5.73 Å². The number of hydrogen-bond acceptors (Lipinski definition) is 3. The average molecular weight is 193 g/mol. The molecule has 0 unspecified atom stereocenters. The Hall–Kier alpha value is -2.04. The third kappa shape index (κ3) is 2.78. The van der Waals surface area contributed by atoms with Crippen LogP contribution in [0.2, 0.25) is 0 Å². The van der Waals surface area contributed by atoms with E-state index >= 15 is 0 Å². The number of nitrogens with one attached hydrogen (secondary N) is 1. The number of hydrazone groups is 1. The first-order chi connectivity index (χ1) is 6.59. The van der Waals surface area contributed by atoms with Gasteiger partial charge in [0.15, 0.2) is 0 Å². The van der Waals surface area contributed by atoms with Crippen LogP contribution in [0, 0.1) is 6.92 Å². The number of phenolic OH excluding ortho intramolecular Hbond substituents is 1. The Kier molecular flexibility index (Phi) is 3.06. The number of rotatable bonds is 2. The predicted molar refractivity (Wildman–Crippen MR) is 53.2 cm³/mol. The number of nitrogens with zero attached hydrogens (tertiary/aromatic N) is 1. The number of benzene rings is 1. The lowest BCUT2D eigenvalue weighted by molar-refractivity contribution is 0.249. The number of carbonyl (C=O) groups excluding carboxylic acids is 1. The van der Waals surface area contributed by atoms with Crippen molar-refractivity contribution in [2.24, 2.45) is 10.8 Å². The fourth-order valence-corrected chi connectivity index (χ4v) is 0.928. The fourth-order valence-electron chi connectivity index (χ4n) is 0.928. The molecular formula is C9H11N3O2. The van der Waals surface area contributed by atoms with Gasteiger partial charge in [0.25, 0.3) is 0 Å². The number of amides is 2. The van der Waals surface area contributed by atoms with Gasteiger partial charge in [-0.25, -0.2) is 10.2 Å². The highest BCUT2D eigenvalue weighted by Gasteiger charge is 1.97. The van der Waals surface area contributed by atoms with Crippen LogP contribution >= 0.6 is 0 Å². The van der Waals surface area contributed by atoms with E-state index in [1.807, 2.05) is 18.4 Å². The Bertz CT molecular complexity index is 374. The molecule has 0 spiro atoms. The lowest BCUT2D eigenvalue weighted by Crippen LogP contribution is -2.24. The number of phenols is 1. The average Bonchev–Trinajstić information content (AvgIpc) is 2.08. The Balaban J connectivity index is 2.76. The minimum absolute atomic E-state index is 0.111. The molecule has 4 N–H and O–H groups in total. The van der Waals surface area contributed by atoms with Crippen LogP contribution in [0.25, 0.3) is 0 Å². The van der Waals surface area contributed by atoms with Crippen LogP contribution in [0.1, 0.15) is 11.1 Å². The summed E-state index contributed by atoms with van der Waals surface area (Å²) < 4.78 is 0. The molecule has 1 rings (SSSR count). The van der Waals surface area contributed by atoms with Crippen molar-refractivity contribution in [2.75, 3.05) is 0 Å². The minimum atomic E-state index is -0.743. The molecule has 0 fully saturated rings. The lowest BCUT2D eigenvalue weighted by Gasteiger charge is -1.99. The van der Waals surface area contributed by atoms with Crippen LogP contribution in [-0.2, 0) is 0 Å². The zero-order valence-corrected chi connectivity index (χ0v) is 7.69. The van der Waals surface area contributed by atoms with E-state index in [0.717, 1.165) is 5.56 Å². The van der Waals surface area contributed by atoms with Crippen LogP contribution in [-0.4, -0.2) is 17.4 Å². The topological polar surface area (TPSA) is 87.7 Å². The number of aromatic hydroxyl groups is 1. The van der Waals surface area contributed by atoms with Gasteiger partial charge in [-0.3, -0.25) is 0 Å². The smallest absolute Gasteiger partial charge is 0.332 e. The lowest BCUT2D eigenvalue weighted by atomic mass is 10.1. The van der Waals surface area contributed by atoms with Gasteiger partial charge < -0.3 is 10.8 Å². The minimum Gasteiger partial charge on any atom is -0.507 e. The van der Waals surface area contributed by atoms with Crippen molar-refractivity contribution in [1.29, 1.82) is 0 Å². The monoisotopic (exact) mass is 193 g/mol. The molecule has 0 saturated carbocycles. The molecule has 14 heavy (non-hydrogen) atoms. The SMILES string of the molecule is Cc1ccc(C=NNC(N)=O)c(O)c1. The Morgan fingerprint density at radius 3 is 2.93 bits per heavy atom. The Morgan fingerprint density at radius 2 is 2.36 bits per heavy atom. The number of urea groups is 1. The zero-order chi connectivity index (χ0) is 10.6.